The second-order valence-corrected chi connectivity index (χ2v) is 28.1. The van der Waals surface area contributed by atoms with Crippen molar-refractivity contribution in [3.63, 3.8) is 0 Å². The molecule has 5 fully saturated rings. The molecule has 7 atom stereocenters. The molecule has 1 aromatic rings. The van der Waals surface area contributed by atoms with Crippen LogP contribution in [-0.2, 0) is 65.3 Å². The summed E-state index contributed by atoms with van der Waals surface area (Å²) in [7, 11) is 8.65. The monoisotopic (exact) mass is 1320 g/mol. The first-order valence-corrected chi connectivity index (χ1v) is 33.5. The van der Waals surface area contributed by atoms with E-state index in [-0.39, 0.29) is 82.1 Å². The van der Waals surface area contributed by atoms with E-state index in [0.29, 0.717) is 24.8 Å². The number of halogens is 4. The van der Waals surface area contributed by atoms with Crippen molar-refractivity contribution in [2.45, 2.75) is 223 Å². The van der Waals surface area contributed by atoms with E-state index in [9.17, 15) is 56.3 Å². The molecule has 11 amide bonds. The van der Waals surface area contributed by atoms with Gasteiger partial charge in [-0.1, -0.05) is 116 Å². The molecule has 0 radical (unpaired) electrons. The van der Waals surface area contributed by atoms with E-state index in [1.54, 1.807) is 20.8 Å². The molecule has 1 unspecified atom stereocenters. The van der Waals surface area contributed by atoms with Gasteiger partial charge in [0.05, 0.1) is 30.2 Å². The molecule has 0 bridgehead atoms. The van der Waals surface area contributed by atoms with Gasteiger partial charge in [0.1, 0.15) is 41.8 Å². The van der Waals surface area contributed by atoms with Gasteiger partial charge >= 0.3 is 6.18 Å². The van der Waals surface area contributed by atoms with Gasteiger partial charge in [0.15, 0.2) is 0 Å². The number of amides is 11. The topological polar surface area (TPSA) is 259 Å². The highest BCUT2D eigenvalue weighted by molar-refractivity contribution is 6.31. The zero-order chi connectivity index (χ0) is 68.1. The van der Waals surface area contributed by atoms with Crippen molar-refractivity contribution in [1.29, 1.82) is 0 Å². The van der Waals surface area contributed by atoms with Crippen LogP contribution in [0, 0.1) is 23.7 Å². The molecule has 514 valence electrons. The third-order valence-electron chi connectivity index (χ3n) is 19.5. The summed E-state index contributed by atoms with van der Waals surface area (Å²) in [6, 6.07) is -4.48. The summed E-state index contributed by atoms with van der Waals surface area (Å²) >= 11 is 6.12. The predicted molar refractivity (Wildman–Crippen MR) is 340 cm³/mol. The van der Waals surface area contributed by atoms with Crippen LogP contribution in [0.1, 0.15) is 174 Å². The van der Waals surface area contributed by atoms with E-state index >= 15 is 9.59 Å². The van der Waals surface area contributed by atoms with Gasteiger partial charge in [0.25, 0.3) is 0 Å². The second kappa shape index (κ2) is 33.0. The van der Waals surface area contributed by atoms with Gasteiger partial charge in [-0.2, -0.15) is 13.2 Å². The summed E-state index contributed by atoms with van der Waals surface area (Å²) in [6.07, 6.45) is 5.53. The molecule has 92 heavy (non-hydrogen) atoms. The van der Waals surface area contributed by atoms with Crippen molar-refractivity contribution >= 4 is 76.6 Å². The van der Waals surface area contributed by atoms with E-state index in [0.717, 1.165) is 79.7 Å². The Hall–Kier alpha value is -6.53. The number of benzene rings is 1. The molecule has 1 spiro atoms. The molecule has 4 N–H and O–H groups in total. The molecular weight excluding hydrogens is 1220 g/mol. The van der Waals surface area contributed by atoms with E-state index in [1.165, 1.54) is 72.9 Å². The highest BCUT2D eigenvalue weighted by atomic mass is 35.5. The standard InChI is InChI=1S/C66H101ClF3N11O11/c1-40(2)32-51-58(86)73-49(35-43-22-15-16-23-43)61(89)77(8)38-55(84)75(6)39-56(85)79(10)52(36-44-20-13-12-14-21-44)63(91)76(7)37-53(82)72-48(28-26-45-25-27-46(47(67)34-45)66(68,69)70)62(90)81-31-19-24-50(81)59(87)74-65(29-17-18-30-65)64(92)80(11)57(41(3)4)60(88)71-42(5)33-54(83)78(51)9/h25,27,34,40-44,48-52,57H,12-24,26,28-33,35-39H2,1-11H3,(H,71,88)(H,72,82)(H,73,86)(H,74,87)/t42-,48+,49+,50?,51+,52+,57+/m1/s1. The SMILES string of the molecule is CC(C)C[C@H]1C(=O)N[C@@H](CC2CCCC2)C(=O)N(C)CC(=O)N(C)CC(=O)N(C)[C@@H](CC2CCCCC2)C(=O)N(C)CC(=O)N[C@@H](CCc2ccc(C(F)(F)F)c(Cl)c2)C(=O)N2CCCC2C(=O)NC2(CCCC2)C(=O)N(C)[C@@H](C(C)C)C(=O)N[C@H](C)CC(=O)N1C. The van der Waals surface area contributed by atoms with Gasteiger partial charge in [-0.15, -0.1) is 0 Å². The van der Waals surface area contributed by atoms with Crippen LogP contribution in [0.5, 0.6) is 0 Å². The molecule has 26 heteroatoms. The Balaban J connectivity index is 1.35. The minimum absolute atomic E-state index is 0.0373. The number of alkyl halides is 3. The normalized spacial score (nSPS) is 26.7. The van der Waals surface area contributed by atoms with Crippen molar-refractivity contribution in [1.82, 2.24) is 55.6 Å². The summed E-state index contributed by atoms with van der Waals surface area (Å²) < 4.78 is 41.3. The average molecular weight is 1320 g/mol. The first-order valence-electron chi connectivity index (χ1n) is 33.1. The van der Waals surface area contributed by atoms with Gasteiger partial charge in [-0.3, -0.25) is 52.7 Å². The van der Waals surface area contributed by atoms with Gasteiger partial charge < -0.3 is 55.6 Å². The Kier molecular flexibility index (Phi) is 26.8. The maximum atomic E-state index is 15.0. The summed E-state index contributed by atoms with van der Waals surface area (Å²) in [4.78, 5) is 169. The lowest BCUT2D eigenvalue weighted by Crippen LogP contribution is -2.64. The highest BCUT2D eigenvalue weighted by Crippen LogP contribution is 2.37. The number of nitrogens with zero attached hydrogens (tertiary/aromatic N) is 7. The molecule has 0 aromatic heterocycles. The van der Waals surface area contributed by atoms with Crippen LogP contribution in [0.25, 0.3) is 0 Å². The van der Waals surface area contributed by atoms with Crippen LogP contribution in [0.4, 0.5) is 13.2 Å². The van der Waals surface area contributed by atoms with Crippen molar-refractivity contribution < 1.29 is 65.9 Å². The molecule has 3 aliphatic carbocycles. The number of fused-ring (bicyclic) bond motifs is 1. The second-order valence-electron chi connectivity index (χ2n) is 27.7. The van der Waals surface area contributed by atoms with Crippen LogP contribution < -0.4 is 21.3 Å². The summed E-state index contributed by atoms with van der Waals surface area (Å²) in [5.41, 5.74) is -2.24. The lowest BCUT2D eigenvalue weighted by Gasteiger charge is -2.39. The van der Waals surface area contributed by atoms with Gasteiger partial charge in [-0.05, 0) is 106 Å². The van der Waals surface area contributed by atoms with Crippen LogP contribution in [0.3, 0.4) is 0 Å². The zero-order valence-corrected chi connectivity index (χ0v) is 56.6. The molecule has 2 aliphatic heterocycles. The van der Waals surface area contributed by atoms with Crippen molar-refractivity contribution in [2.24, 2.45) is 23.7 Å². The van der Waals surface area contributed by atoms with Crippen molar-refractivity contribution in [3.8, 4) is 0 Å². The minimum Gasteiger partial charge on any atom is -0.351 e. The lowest BCUT2D eigenvalue weighted by atomic mass is 9.84. The fourth-order valence-corrected chi connectivity index (χ4v) is 14.5. The van der Waals surface area contributed by atoms with E-state index in [1.807, 2.05) is 13.8 Å². The molecule has 5 aliphatic rings. The Morgan fingerprint density at radius 3 is 1.78 bits per heavy atom. The van der Waals surface area contributed by atoms with Crippen molar-refractivity contribution in [3.05, 3.63) is 34.3 Å². The summed E-state index contributed by atoms with van der Waals surface area (Å²) in [5.74, 6) is -7.09. The number of nitrogens with one attached hydrogen (secondary N) is 4. The molecule has 2 heterocycles. The number of hydrogen-bond donors (Lipinski definition) is 4. The number of rotatable bonds is 10. The van der Waals surface area contributed by atoms with E-state index in [4.69, 9.17) is 11.6 Å². The molecule has 6 rings (SSSR count). The van der Waals surface area contributed by atoms with Gasteiger partial charge in [-0.25, -0.2) is 0 Å². The predicted octanol–water partition coefficient (Wildman–Crippen LogP) is 5.70. The summed E-state index contributed by atoms with van der Waals surface area (Å²) in [6.45, 7) is 7.44. The number of carbonyl (C=O) groups excluding carboxylic acids is 11. The first kappa shape index (κ1) is 74.5. The first-order chi connectivity index (χ1) is 43.2. The number of aryl methyl sites for hydroxylation is 1. The largest absolute Gasteiger partial charge is 0.417 e. The summed E-state index contributed by atoms with van der Waals surface area (Å²) in [5, 5.41) is 11.1. The van der Waals surface area contributed by atoms with Gasteiger partial charge in [0, 0.05) is 61.3 Å². The maximum absolute atomic E-state index is 15.0. The van der Waals surface area contributed by atoms with Crippen LogP contribution >= 0.6 is 11.6 Å². The number of likely N-dealkylation sites (N-methyl/N-ethyl adjacent to an activating group) is 6. The number of hydrogen-bond acceptors (Lipinski definition) is 11. The smallest absolute Gasteiger partial charge is 0.351 e. The molecular formula is C66H101ClF3N11O11. The fraction of sp³-hybridized carbons (Fsp3) is 0.742. The quantitative estimate of drug-likeness (QED) is 0.221. The molecule has 2 saturated heterocycles. The Bertz CT molecular complexity index is 2830. The Morgan fingerprint density at radius 2 is 1.18 bits per heavy atom. The zero-order valence-electron chi connectivity index (χ0n) is 55.9. The van der Waals surface area contributed by atoms with E-state index < -0.39 is 155 Å². The maximum Gasteiger partial charge on any atom is 0.417 e. The minimum atomic E-state index is -4.74. The van der Waals surface area contributed by atoms with Crippen LogP contribution in [0.2, 0.25) is 5.02 Å². The Labute approximate surface area is 545 Å². The average Bonchev–Trinajstić information content (AvgIpc) is 1.58. The third-order valence-corrected chi connectivity index (χ3v) is 19.8. The molecule has 3 saturated carbocycles. The fourth-order valence-electron chi connectivity index (χ4n) is 14.2. The number of carbonyl (C=O) groups is 11. The molecule has 22 nitrogen and oxygen atoms in total. The van der Waals surface area contributed by atoms with Crippen molar-refractivity contribution in [2.75, 3.05) is 68.5 Å². The van der Waals surface area contributed by atoms with Crippen LogP contribution in [-0.4, -0.2) is 216 Å². The van der Waals surface area contributed by atoms with E-state index in [2.05, 4.69) is 21.3 Å². The highest BCUT2D eigenvalue weighted by Gasteiger charge is 2.50. The Morgan fingerprint density at radius 1 is 0.598 bits per heavy atom. The van der Waals surface area contributed by atoms with Gasteiger partial charge in [0.2, 0.25) is 65.0 Å². The third kappa shape index (κ3) is 19.5. The lowest BCUT2D eigenvalue weighted by molar-refractivity contribution is -0.149. The van der Waals surface area contributed by atoms with Crippen LogP contribution in [0.15, 0.2) is 18.2 Å². The molecule has 1 aromatic carbocycles.